The number of nitrogens with zero attached hydrogens (tertiary/aromatic N) is 1. The Morgan fingerprint density at radius 1 is 1.22 bits per heavy atom. The van der Waals surface area contributed by atoms with Crippen LogP contribution in [0.1, 0.15) is 58.8 Å². The minimum atomic E-state index is -0.722. The Hall–Kier alpha value is -1.40. The highest BCUT2D eigenvalue weighted by atomic mass is 16.3. The quantitative estimate of drug-likeness (QED) is 0.742. The van der Waals surface area contributed by atoms with Gasteiger partial charge < -0.3 is 5.11 Å². The van der Waals surface area contributed by atoms with Gasteiger partial charge in [-0.2, -0.15) is 5.26 Å². The summed E-state index contributed by atoms with van der Waals surface area (Å²) in [4.78, 5) is 11.8. The molecule has 3 nitrogen and oxygen atoms in total. The highest BCUT2D eigenvalue weighted by Gasteiger charge is 2.64. The SMILES string of the molecule is C[C@]12CCC(=O)C=C1CC[C@H]1[C@@H]3CC=C(C#N)[C@@]3(C)CC[C@@]12O. The molecule has 4 aliphatic carbocycles. The van der Waals surface area contributed by atoms with Gasteiger partial charge in [0.2, 0.25) is 0 Å². The van der Waals surface area contributed by atoms with Gasteiger partial charge >= 0.3 is 0 Å². The molecule has 0 aliphatic heterocycles. The second-order valence-electron chi connectivity index (χ2n) is 8.53. The minimum absolute atomic E-state index is 0.0618. The van der Waals surface area contributed by atoms with Gasteiger partial charge in [-0.15, -0.1) is 0 Å². The number of carbonyl (C=O) groups excluding carboxylic acids is 1. The number of nitriles is 1. The molecule has 0 radical (unpaired) electrons. The summed E-state index contributed by atoms with van der Waals surface area (Å²) in [5.74, 6) is 0.820. The molecule has 0 spiro atoms. The molecule has 1 N–H and O–H groups in total. The van der Waals surface area contributed by atoms with Crippen molar-refractivity contribution in [1.82, 2.24) is 0 Å². The van der Waals surface area contributed by atoms with E-state index in [9.17, 15) is 15.2 Å². The lowest BCUT2D eigenvalue weighted by Crippen LogP contribution is -2.62. The van der Waals surface area contributed by atoms with Crippen LogP contribution in [0.2, 0.25) is 0 Å². The highest BCUT2D eigenvalue weighted by Crippen LogP contribution is 2.66. The predicted octanol–water partition coefficient (Wildman–Crippen LogP) is 3.69. The Morgan fingerprint density at radius 3 is 2.74 bits per heavy atom. The maximum atomic E-state index is 11.8. The first-order valence-corrected chi connectivity index (χ1v) is 8.92. The van der Waals surface area contributed by atoms with Crippen molar-refractivity contribution in [2.75, 3.05) is 0 Å². The van der Waals surface area contributed by atoms with Gasteiger partial charge in [0, 0.05) is 22.8 Å². The fourth-order valence-corrected chi connectivity index (χ4v) is 6.25. The number of aliphatic hydroxyl groups is 1. The van der Waals surface area contributed by atoms with Crippen LogP contribution in [0.5, 0.6) is 0 Å². The highest BCUT2D eigenvalue weighted by molar-refractivity contribution is 5.91. The van der Waals surface area contributed by atoms with Crippen molar-refractivity contribution in [2.24, 2.45) is 22.7 Å². The van der Waals surface area contributed by atoms with Gasteiger partial charge in [-0.05, 0) is 56.4 Å². The average molecular weight is 311 g/mol. The van der Waals surface area contributed by atoms with Crippen molar-refractivity contribution >= 4 is 5.78 Å². The van der Waals surface area contributed by atoms with Crippen LogP contribution in [0.4, 0.5) is 0 Å². The summed E-state index contributed by atoms with van der Waals surface area (Å²) in [6.45, 7) is 4.39. The lowest BCUT2D eigenvalue weighted by molar-refractivity contribution is -0.184. The van der Waals surface area contributed by atoms with Crippen LogP contribution in [0.15, 0.2) is 23.3 Å². The summed E-state index contributed by atoms with van der Waals surface area (Å²) >= 11 is 0. The molecule has 5 atom stereocenters. The van der Waals surface area contributed by atoms with Gasteiger partial charge in [0.05, 0.1) is 11.7 Å². The summed E-state index contributed by atoms with van der Waals surface area (Å²) in [5, 5.41) is 21.3. The van der Waals surface area contributed by atoms with E-state index >= 15 is 0 Å². The third-order valence-corrected chi connectivity index (χ3v) is 7.85. The zero-order valence-corrected chi connectivity index (χ0v) is 14.1. The monoisotopic (exact) mass is 311 g/mol. The first kappa shape index (κ1) is 15.1. The lowest BCUT2D eigenvalue weighted by Gasteiger charge is -2.62. The van der Waals surface area contributed by atoms with E-state index in [-0.39, 0.29) is 22.5 Å². The number of rotatable bonds is 0. The van der Waals surface area contributed by atoms with Crippen LogP contribution < -0.4 is 0 Å². The molecule has 3 heteroatoms. The van der Waals surface area contributed by atoms with E-state index in [4.69, 9.17) is 0 Å². The Balaban J connectivity index is 1.76. The predicted molar refractivity (Wildman–Crippen MR) is 87.2 cm³/mol. The third kappa shape index (κ3) is 1.71. The molecule has 2 saturated carbocycles. The van der Waals surface area contributed by atoms with Crippen LogP contribution in [-0.4, -0.2) is 16.5 Å². The summed E-state index contributed by atoms with van der Waals surface area (Å²) in [5.41, 5.74) is 1.05. The molecule has 4 aliphatic rings. The van der Waals surface area contributed by atoms with Crippen molar-refractivity contribution in [2.45, 2.75) is 64.4 Å². The van der Waals surface area contributed by atoms with Crippen LogP contribution in [-0.2, 0) is 4.79 Å². The van der Waals surface area contributed by atoms with Gasteiger partial charge in [-0.3, -0.25) is 4.79 Å². The van der Waals surface area contributed by atoms with Crippen molar-refractivity contribution in [3.63, 3.8) is 0 Å². The van der Waals surface area contributed by atoms with Crippen LogP contribution in [0, 0.1) is 34.0 Å². The number of allylic oxidation sites excluding steroid dienone is 3. The Bertz CT molecular complexity index is 684. The Labute approximate surface area is 138 Å². The maximum absolute atomic E-state index is 11.8. The minimum Gasteiger partial charge on any atom is -0.389 e. The molecular weight excluding hydrogens is 286 g/mol. The van der Waals surface area contributed by atoms with E-state index in [0.717, 1.165) is 44.1 Å². The first-order chi connectivity index (χ1) is 10.8. The van der Waals surface area contributed by atoms with Crippen LogP contribution >= 0.6 is 0 Å². The summed E-state index contributed by atoms with van der Waals surface area (Å²) in [7, 11) is 0. The fourth-order valence-electron chi connectivity index (χ4n) is 6.25. The van der Waals surface area contributed by atoms with E-state index < -0.39 is 5.60 Å². The van der Waals surface area contributed by atoms with E-state index in [0.29, 0.717) is 12.3 Å². The van der Waals surface area contributed by atoms with Gasteiger partial charge in [0.15, 0.2) is 5.78 Å². The standard InChI is InChI=1S/C20H25NO2/c1-18-9-10-20(23)17(16(18)5-4-14(18)12-21)6-3-13-11-15(22)7-8-19(13,20)2/h4,11,16-17,23H,3,5-10H2,1-2H3/t16-,17-,18+,19-,20+/m0/s1. The molecule has 0 aromatic heterocycles. The number of carbonyl (C=O) groups is 1. The van der Waals surface area contributed by atoms with Crippen LogP contribution in [0.25, 0.3) is 0 Å². The van der Waals surface area contributed by atoms with Crippen molar-refractivity contribution in [1.29, 1.82) is 5.26 Å². The molecule has 0 heterocycles. The molecule has 0 unspecified atom stereocenters. The molecule has 0 amide bonds. The molecule has 2 fully saturated rings. The molecule has 23 heavy (non-hydrogen) atoms. The largest absolute Gasteiger partial charge is 0.389 e. The van der Waals surface area contributed by atoms with E-state index in [1.54, 1.807) is 0 Å². The van der Waals surface area contributed by atoms with Crippen molar-refractivity contribution in [3.8, 4) is 6.07 Å². The van der Waals surface area contributed by atoms with Gasteiger partial charge in [0.25, 0.3) is 0 Å². The number of hydrogen-bond donors (Lipinski definition) is 1. The molecule has 0 saturated heterocycles. The van der Waals surface area contributed by atoms with Gasteiger partial charge in [0.1, 0.15) is 0 Å². The summed E-state index contributed by atoms with van der Waals surface area (Å²) in [6, 6.07) is 2.41. The third-order valence-electron chi connectivity index (χ3n) is 7.85. The van der Waals surface area contributed by atoms with Crippen LogP contribution in [0.3, 0.4) is 0 Å². The van der Waals surface area contributed by atoms with Crippen molar-refractivity contribution in [3.05, 3.63) is 23.3 Å². The maximum Gasteiger partial charge on any atom is 0.155 e. The second kappa shape index (κ2) is 4.57. The average Bonchev–Trinajstić information content (AvgIpc) is 2.86. The summed E-state index contributed by atoms with van der Waals surface area (Å²) in [6.07, 6.45) is 9.65. The second-order valence-corrected chi connectivity index (χ2v) is 8.53. The smallest absolute Gasteiger partial charge is 0.155 e. The van der Waals surface area contributed by atoms with Gasteiger partial charge in [-0.25, -0.2) is 0 Å². The number of ketones is 1. The fraction of sp³-hybridized carbons (Fsp3) is 0.700. The number of hydrogen-bond acceptors (Lipinski definition) is 3. The van der Waals surface area contributed by atoms with Crippen molar-refractivity contribution < 1.29 is 9.90 Å². The Morgan fingerprint density at radius 2 is 2.00 bits per heavy atom. The Kier molecular flexibility index (Phi) is 3.01. The molecule has 0 aromatic carbocycles. The van der Waals surface area contributed by atoms with E-state index in [2.05, 4.69) is 26.0 Å². The zero-order valence-electron chi connectivity index (χ0n) is 14.1. The van der Waals surface area contributed by atoms with E-state index in [1.165, 1.54) is 5.57 Å². The molecule has 0 bridgehead atoms. The lowest BCUT2D eigenvalue weighted by atomic mass is 9.44. The van der Waals surface area contributed by atoms with Gasteiger partial charge in [-0.1, -0.05) is 25.5 Å². The topological polar surface area (TPSA) is 61.1 Å². The van der Waals surface area contributed by atoms with E-state index in [1.807, 2.05) is 6.08 Å². The number of fused-ring (bicyclic) bond motifs is 5. The summed E-state index contributed by atoms with van der Waals surface area (Å²) < 4.78 is 0. The normalized spacial score (nSPS) is 48.5. The zero-order chi connectivity index (χ0) is 16.5. The first-order valence-electron chi connectivity index (χ1n) is 8.92. The molecule has 0 aromatic rings. The molecule has 122 valence electrons. The molecule has 4 rings (SSSR count). The molecular formula is C20H25NO2.